The average molecular weight is 331 g/mol. The molecule has 2 aliphatic rings. The molecule has 0 N–H and O–H groups in total. The van der Waals surface area contributed by atoms with Crippen LogP contribution in [0.25, 0.3) is 0 Å². The van der Waals surface area contributed by atoms with Crippen molar-refractivity contribution < 1.29 is 4.74 Å². The normalized spacial score (nSPS) is 21.5. The van der Waals surface area contributed by atoms with Gasteiger partial charge in [-0.1, -0.05) is 0 Å². The highest BCUT2D eigenvalue weighted by molar-refractivity contribution is 7.07. The van der Waals surface area contributed by atoms with Gasteiger partial charge < -0.3 is 4.74 Å². The molecule has 124 valence electrons. The van der Waals surface area contributed by atoms with Gasteiger partial charge in [-0.25, -0.2) is 0 Å². The lowest BCUT2D eigenvalue weighted by molar-refractivity contribution is 0.104. The SMILES string of the molecule is CCOC[C@H]1CN(Cc2ccsc2)Cc2cn(CC3CC3)nc21. The van der Waals surface area contributed by atoms with Crippen LogP contribution in [-0.2, 0) is 24.4 Å². The van der Waals surface area contributed by atoms with Gasteiger partial charge in [0.1, 0.15) is 0 Å². The first-order chi connectivity index (χ1) is 11.3. The molecule has 2 aromatic rings. The lowest BCUT2D eigenvalue weighted by atomic mass is 9.97. The molecular formula is C18H25N3OS. The van der Waals surface area contributed by atoms with E-state index in [1.165, 1.54) is 29.7 Å². The molecule has 3 heterocycles. The first-order valence-corrected chi connectivity index (χ1v) is 9.63. The fraction of sp³-hybridized carbons (Fsp3) is 0.611. The molecule has 0 bridgehead atoms. The second-order valence-electron chi connectivity index (χ2n) is 6.86. The number of rotatable bonds is 7. The van der Waals surface area contributed by atoms with Gasteiger partial charge in [0, 0.05) is 50.5 Å². The van der Waals surface area contributed by atoms with E-state index >= 15 is 0 Å². The smallest absolute Gasteiger partial charge is 0.0736 e. The first-order valence-electron chi connectivity index (χ1n) is 8.69. The van der Waals surface area contributed by atoms with Crippen molar-refractivity contribution in [2.75, 3.05) is 19.8 Å². The van der Waals surface area contributed by atoms with E-state index in [9.17, 15) is 0 Å². The van der Waals surface area contributed by atoms with Gasteiger partial charge >= 0.3 is 0 Å². The molecule has 1 fully saturated rings. The zero-order chi connectivity index (χ0) is 15.6. The standard InChI is InChI=1S/C18H25N3OS/c1-2-22-12-17-10-20(7-15-5-6-23-13-15)9-16-11-21(19-18(16)17)8-14-3-4-14/h5-6,11,13-14,17H,2-4,7-10,12H2,1H3/t17-/m1/s1. The molecule has 0 radical (unpaired) electrons. The highest BCUT2D eigenvalue weighted by Crippen LogP contribution is 2.33. The number of hydrogen-bond donors (Lipinski definition) is 0. The van der Waals surface area contributed by atoms with Gasteiger partial charge in [-0.15, -0.1) is 0 Å². The van der Waals surface area contributed by atoms with Gasteiger partial charge in [-0.2, -0.15) is 16.4 Å². The number of fused-ring (bicyclic) bond motifs is 1. The van der Waals surface area contributed by atoms with E-state index in [0.717, 1.165) is 45.3 Å². The molecule has 1 aliphatic carbocycles. The van der Waals surface area contributed by atoms with Gasteiger partial charge in [-0.3, -0.25) is 9.58 Å². The molecular weight excluding hydrogens is 306 g/mol. The van der Waals surface area contributed by atoms with Crippen molar-refractivity contribution in [3.05, 3.63) is 39.8 Å². The lowest BCUT2D eigenvalue weighted by Crippen LogP contribution is -2.34. The molecule has 0 unspecified atom stereocenters. The summed E-state index contributed by atoms with van der Waals surface area (Å²) in [5.74, 6) is 1.27. The largest absolute Gasteiger partial charge is 0.381 e. The van der Waals surface area contributed by atoms with Crippen LogP contribution in [-0.4, -0.2) is 34.4 Å². The summed E-state index contributed by atoms with van der Waals surface area (Å²) in [5, 5.41) is 9.33. The van der Waals surface area contributed by atoms with Crippen molar-refractivity contribution in [2.45, 2.75) is 45.3 Å². The molecule has 0 amide bonds. The van der Waals surface area contributed by atoms with Crippen LogP contribution < -0.4 is 0 Å². The summed E-state index contributed by atoms with van der Waals surface area (Å²) in [6.45, 7) is 7.81. The fourth-order valence-electron chi connectivity index (χ4n) is 3.46. The maximum atomic E-state index is 5.74. The summed E-state index contributed by atoms with van der Waals surface area (Å²) in [5.41, 5.74) is 4.09. The third kappa shape index (κ3) is 3.67. The van der Waals surface area contributed by atoms with E-state index in [-0.39, 0.29) is 0 Å². The number of nitrogens with zero attached hydrogens (tertiary/aromatic N) is 3. The van der Waals surface area contributed by atoms with E-state index < -0.39 is 0 Å². The highest BCUT2D eigenvalue weighted by Gasteiger charge is 2.30. The van der Waals surface area contributed by atoms with Crippen LogP contribution >= 0.6 is 11.3 Å². The second-order valence-corrected chi connectivity index (χ2v) is 7.64. The third-order valence-corrected chi connectivity index (χ3v) is 5.51. The minimum atomic E-state index is 0.401. The zero-order valence-electron chi connectivity index (χ0n) is 13.8. The summed E-state index contributed by atoms with van der Waals surface area (Å²) < 4.78 is 7.93. The third-order valence-electron chi connectivity index (χ3n) is 4.78. The summed E-state index contributed by atoms with van der Waals surface area (Å²) in [7, 11) is 0. The molecule has 23 heavy (non-hydrogen) atoms. The number of hydrogen-bond acceptors (Lipinski definition) is 4. The summed E-state index contributed by atoms with van der Waals surface area (Å²) in [6.07, 6.45) is 5.03. The van der Waals surface area contributed by atoms with Crippen LogP contribution in [0, 0.1) is 5.92 Å². The Bertz CT molecular complexity index is 633. The Labute approximate surface area is 142 Å². The van der Waals surface area contributed by atoms with Crippen LogP contribution in [0.15, 0.2) is 23.0 Å². The van der Waals surface area contributed by atoms with Gasteiger partial charge in [-0.05, 0) is 48.1 Å². The highest BCUT2D eigenvalue weighted by atomic mass is 32.1. The Hall–Kier alpha value is -1.17. The van der Waals surface area contributed by atoms with E-state index in [0.29, 0.717) is 5.92 Å². The molecule has 5 heteroatoms. The molecule has 0 saturated heterocycles. The minimum absolute atomic E-state index is 0.401. The van der Waals surface area contributed by atoms with Crippen LogP contribution in [0.3, 0.4) is 0 Å². The van der Waals surface area contributed by atoms with Crippen molar-refractivity contribution >= 4 is 11.3 Å². The van der Waals surface area contributed by atoms with Crippen molar-refractivity contribution in [1.29, 1.82) is 0 Å². The van der Waals surface area contributed by atoms with Crippen molar-refractivity contribution in [2.24, 2.45) is 5.92 Å². The molecule has 1 atom stereocenters. The van der Waals surface area contributed by atoms with E-state index in [1.807, 2.05) is 0 Å². The van der Waals surface area contributed by atoms with Gasteiger partial charge in [0.15, 0.2) is 0 Å². The maximum absolute atomic E-state index is 5.74. The molecule has 1 aliphatic heterocycles. The fourth-order valence-corrected chi connectivity index (χ4v) is 4.12. The van der Waals surface area contributed by atoms with Crippen LogP contribution in [0.4, 0.5) is 0 Å². The zero-order valence-corrected chi connectivity index (χ0v) is 14.6. The monoisotopic (exact) mass is 331 g/mol. The Morgan fingerprint density at radius 3 is 3.04 bits per heavy atom. The lowest BCUT2D eigenvalue weighted by Gasteiger charge is -2.31. The first kappa shape index (κ1) is 15.4. The van der Waals surface area contributed by atoms with E-state index in [4.69, 9.17) is 9.84 Å². The summed E-state index contributed by atoms with van der Waals surface area (Å²) in [6, 6.07) is 2.23. The Morgan fingerprint density at radius 1 is 1.39 bits per heavy atom. The molecule has 0 spiro atoms. The average Bonchev–Trinajstić information content (AvgIpc) is 3.04. The van der Waals surface area contributed by atoms with Crippen molar-refractivity contribution in [1.82, 2.24) is 14.7 Å². The maximum Gasteiger partial charge on any atom is 0.0736 e. The van der Waals surface area contributed by atoms with Gasteiger partial charge in [0.05, 0.1) is 12.3 Å². The number of thiophene rings is 1. The topological polar surface area (TPSA) is 30.3 Å². The predicted octanol–water partition coefficient (Wildman–Crippen LogP) is 3.49. The van der Waals surface area contributed by atoms with Crippen LogP contribution in [0.2, 0.25) is 0 Å². The van der Waals surface area contributed by atoms with E-state index in [2.05, 4.69) is 39.5 Å². The Balaban J connectivity index is 1.51. The Morgan fingerprint density at radius 2 is 2.30 bits per heavy atom. The molecule has 4 nitrogen and oxygen atoms in total. The molecule has 4 rings (SSSR count). The second kappa shape index (κ2) is 6.75. The van der Waals surface area contributed by atoms with E-state index in [1.54, 1.807) is 11.3 Å². The van der Waals surface area contributed by atoms with Crippen LogP contribution in [0.1, 0.15) is 42.5 Å². The molecule has 2 aromatic heterocycles. The molecule has 1 saturated carbocycles. The minimum Gasteiger partial charge on any atom is -0.381 e. The quantitative estimate of drug-likeness (QED) is 0.778. The number of ether oxygens (including phenoxy) is 1. The summed E-state index contributed by atoms with van der Waals surface area (Å²) >= 11 is 1.78. The van der Waals surface area contributed by atoms with Crippen molar-refractivity contribution in [3.8, 4) is 0 Å². The summed E-state index contributed by atoms with van der Waals surface area (Å²) in [4.78, 5) is 2.54. The Kier molecular flexibility index (Phi) is 4.51. The van der Waals surface area contributed by atoms with Crippen molar-refractivity contribution in [3.63, 3.8) is 0 Å². The van der Waals surface area contributed by atoms with Gasteiger partial charge in [0.25, 0.3) is 0 Å². The van der Waals surface area contributed by atoms with Crippen LogP contribution in [0.5, 0.6) is 0 Å². The van der Waals surface area contributed by atoms with Gasteiger partial charge in [0.2, 0.25) is 0 Å². The predicted molar refractivity (Wildman–Crippen MR) is 92.6 cm³/mol. The number of aromatic nitrogens is 2. The molecule has 0 aromatic carbocycles.